The van der Waals surface area contributed by atoms with E-state index in [-0.39, 0.29) is 11.6 Å². The van der Waals surface area contributed by atoms with E-state index in [2.05, 4.69) is 20.7 Å². The summed E-state index contributed by atoms with van der Waals surface area (Å²) in [6.45, 7) is 1.57. The van der Waals surface area contributed by atoms with Gasteiger partial charge in [-0.25, -0.2) is 12.8 Å². The second-order valence-electron chi connectivity index (χ2n) is 5.75. The Kier molecular flexibility index (Phi) is 4.57. The van der Waals surface area contributed by atoms with E-state index >= 15 is 0 Å². The van der Waals surface area contributed by atoms with Crippen molar-refractivity contribution < 1.29 is 17.5 Å². The van der Waals surface area contributed by atoms with Gasteiger partial charge in [0.1, 0.15) is 17.2 Å². The Morgan fingerprint density at radius 3 is 2.46 bits per heavy atom. The van der Waals surface area contributed by atoms with Crippen molar-refractivity contribution in [3.05, 3.63) is 58.3 Å². The number of ether oxygens (including phenoxy) is 1. The van der Waals surface area contributed by atoms with E-state index in [4.69, 9.17) is 4.74 Å². The van der Waals surface area contributed by atoms with Crippen LogP contribution < -0.4 is 9.46 Å². The van der Waals surface area contributed by atoms with Gasteiger partial charge in [0.15, 0.2) is 0 Å². The smallest absolute Gasteiger partial charge is 0.232 e. The molecule has 0 heterocycles. The second kappa shape index (κ2) is 6.37. The maximum Gasteiger partial charge on any atom is 0.232 e. The standard InChI is InChI=1S/C17H17BrFNO3S/c1-2-24(21,22)20-15-8-5-13(18)11-16(15)23-17(9-10-17)12-3-6-14(19)7-4-12/h3-8,11,20H,2,9-10H2,1H3. The van der Waals surface area contributed by atoms with Gasteiger partial charge >= 0.3 is 0 Å². The van der Waals surface area contributed by atoms with Crippen molar-refractivity contribution in [2.75, 3.05) is 10.5 Å². The van der Waals surface area contributed by atoms with Crippen LogP contribution in [-0.2, 0) is 15.6 Å². The molecule has 2 aromatic rings. The molecule has 1 aliphatic carbocycles. The van der Waals surface area contributed by atoms with Crippen LogP contribution >= 0.6 is 15.9 Å². The zero-order chi connectivity index (χ0) is 17.4. The van der Waals surface area contributed by atoms with Gasteiger partial charge < -0.3 is 4.74 Å². The summed E-state index contributed by atoms with van der Waals surface area (Å²) in [6, 6.07) is 11.4. The third-order valence-electron chi connectivity index (χ3n) is 3.97. The summed E-state index contributed by atoms with van der Waals surface area (Å²) in [7, 11) is -3.41. The van der Waals surface area contributed by atoms with Crippen molar-refractivity contribution in [1.29, 1.82) is 0 Å². The first kappa shape index (κ1) is 17.2. The van der Waals surface area contributed by atoms with Crippen molar-refractivity contribution in [3.63, 3.8) is 0 Å². The second-order valence-corrected chi connectivity index (χ2v) is 8.68. The predicted molar refractivity (Wildman–Crippen MR) is 95.2 cm³/mol. The van der Waals surface area contributed by atoms with E-state index in [0.717, 1.165) is 22.9 Å². The maximum atomic E-state index is 13.1. The molecule has 0 aliphatic heterocycles. The largest absolute Gasteiger partial charge is 0.480 e. The minimum absolute atomic E-state index is 0.0222. The highest BCUT2D eigenvalue weighted by Crippen LogP contribution is 2.50. The van der Waals surface area contributed by atoms with Gasteiger partial charge in [0, 0.05) is 4.47 Å². The molecule has 0 atom stereocenters. The Bertz CT molecular complexity index is 849. The molecule has 1 N–H and O–H groups in total. The molecule has 0 unspecified atom stereocenters. The third kappa shape index (κ3) is 3.72. The Labute approximate surface area is 149 Å². The Morgan fingerprint density at radius 1 is 1.21 bits per heavy atom. The number of halogens is 2. The molecular formula is C17H17BrFNO3S. The van der Waals surface area contributed by atoms with Crippen LogP contribution in [0.3, 0.4) is 0 Å². The molecule has 24 heavy (non-hydrogen) atoms. The monoisotopic (exact) mass is 413 g/mol. The molecule has 0 bridgehead atoms. The number of sulfonamides is 1. The maximum absolute atomic E-state index is 13.1. The summed E-state index contributed by atoms with van der Waals surface area (Å²) in [5, 5.41) is 0. The van der Waals surface area contributed by atoms with E-state index < -0.39 is 15.6 Å². The summed E-state index contributed by atoms with van der Waals surface area (Å²) in [6.07, 6.45) is 1.59. The van der Waals surface area contributed by atoms with Crippen LogP contribution in [0, 0.1) is 5.82 Å². The van der Waals surface area contributed by atoms with E-state index in [0.29, 0.717) is 11.4 Å². The van der Waals surface area contributed by atoms with Gasteiger partial charge in [0.05, 0.1) is 11.4 Å². The quantitative estimate of drug-likeness (QED) is 0.762. The molecule has 1 aliphatic rings. The van der Waals surface area contributed by atoms with Crippen molar-refractivity contribution in [3.8, 4) is 5.75 Å². The lowest BCUT2D eigenvalue weighted by Crippen LogP contribution is -2.19. The zero-order valence-corrected chi connectivity index (χ0v) is 15.5. The molecule has 0 aromatic heterocycles. The highest BCUT2D eigenvalue weighted by atomic mass is 79.9. The van der Waals surface area contributed by atoms with Gasteiger partial charge in [0.2, 0.25) is 10.0 Å². The first-order chi connectivity index (χ1) is 11.3. The molecule has 4 nitrogen and oxygen atoms in total. The van der Waals surface area contributed by atoms with E-state index in [9.17, 15) is 12.8 Å². The Morgan fingerprint density at radius 2 is 1.88 bits per heavy atom. The Balaban J connectivity index is 1.92. The number of nitrogens with one attached hydrogen (secondary N) is 1. The number of hydrogen-bond acceptors (Lipinski definition) is 3. The lowest BCUT2D eigenvalue weighted by atomic mass is 10.1. The summed E-state index contributed by atoms with van der Waals surface area (Å²) >= 11 is 3.38. The molecule has 3 rings (SSSR count). The summed E-state index contributed by atoms with van der Waals surface area (Å²) in [4.78, 5) is 0. The first-order valence-electron chi connectivity index (χ1n) is 7.59. The molecular weight excluding hydrogens is 397 g/mol. The van der Waals surface area contributed by atoms with E-state index in [1.54, 1.807) is 37.3 Å². The normalized spacial score (nSPS) is 15.8. The first-order valence-corrected chi connectivity index (χ1v) is 10.0. The number of benzene rings is 2. The fourth-order valence-electron chi connectivity index (χ4n) is 2.43. The molecule has 7 heteroatoms. The van der Waals surface area contributed by atoms with Crippen LogP contribution in [0.2, 0.25) is 0 Å². The highest BCUT2D eigenvalue weighted by molar-refractivity contribution is 9.10. The van der Waals surface area contributed by atoms with E-state index in [1.165, 1.54) is 12.1 Å². The van der Waals surface area contributed by atoms with Crippen molar-refractivity contribution in [2.45, 2.75) is 25.4 Å². The molecule has 0 saturated heterocycles. The van der Waals surface area contributed by atoms with Crippen molar-refractivity contribution >= 4 is 31.6 Å². The number of anilines is 1. The van der Waals surface area contributed by atoms with Crippen LogP contribution in [0.15, 0.2) is 46.9 Å². The van der Waals surface area contributed by atoms with Gasteiger partial charge in [-0.15, -0.1) is 0 Å². The number of hydrogen-bond donors (Lipinski definition) is 1. The highest BCUT2D eigenvalue weighted by Gasteiger charge is 2.47. The van der Waals surface area contributed by atoms with Crippen LogP contribution in [0.25, 0.3) is 0 Å². The van der Waals surface area contributed by atoms with Gasteiger partial charge in [0.25, 0.3) is 0 Å². The van der Waals surface area contributed by atoms with Crippen LogP contribution in [0.1, 0.15) is 25.3 Å². The van der Waals surface area contributed by atoms with Crippen LogP contribution in [0.4, 0.5) is 10.1 Å². The topological polar surface area (TPSA) is 55.4 Å². The predicted octanol–water partition coefficient (Wildman–Crippen LogP) is 4.42. The van der Waals surface area contributed by atoms with Crippen molar-refractivity contribution in [2.24, 2.45) is 0 Å². The molecule has 0 amide bonds. The average molecular weight is 414 g/mol. The number of rotatable bonds is 6. The third-order valence-corrected chi connectivity index (χ3v) is 5.75. The van der Waals surface area contributed by atoms with Crippen LogP contribution in [0.5, 0.6) is 5.75 Å². The fraction of sp³-hybridized carbons (Fsp3) is 0.294. The van der Waals surface area contributed by atoms with Crippen molar-refractivity contribution in [1.82, 2.24) is 0 Å². The molecule has 0 spiro atoms. The average Bonchev–Trinajstić information content (AvgIpc) is 3.31. The minimum atomic E-state index is -3.41. The molecule has 1 fully saturated rings. The lowest BCUT2D eigenvalue weighted by Gasteiger charge is -2.21. The molecule has 0 radical (unpaired) electrons. The summed E-state index contributed by atoms with van der Waals surface area (Å²) in [5.74, 6) is 0.127. The van der Waals surface area contributed by atoms with Gasteiger partial charge in [-0.1, -0.05) is 28.1 Å². The molecule has 128 valence electrons. The van der Waals surface area contributed by atoms with Crippen LogP contribution in [-0.4, -0.2) is 14.2 Å². The lowest BCUT2D eigenvalue weighted by molar-refractivity contribution is 0.182. The SMILES string of the molecule is CCS(=O)(=O)Nc1ccc(Br)cc1OC1(c2ccc(F)cc2)CC1. The van der Waals surface area contributed by atoms with E-state index in [1.807, 2.05) is 0 Å². The summed E-state index contributed by atoms with van der Waals surface area (Å²) < 4.78 is 46.4. The summed E-state index contributed by atoms with van der Waals surface area (Å²) in [5.41, 5.74) is 0.752. The zero-order valence-electron chi connectivity index (χ0n) is 13.1. The Hall–Kier alpha value is -1.60. The van der Waals surface area contributed by atoms with Gasteiger partial charge in [-0.2, -0.15) is 0 Å². The van der Waals surface area contributed by atoms with Gasteiger partial charge in [-0.05, 0) is 55.7 Å². The minimum Gasteiger partial charge on any atom is -0.480 e. The van der Waals surface area contributed by atoms with Gasteiger partial charge in [-0.3, -0.25) is 4.72 Å². The molecule has 1 saturated carbocycles. The molecule has 2 aromatic carbocycles. The fourth-order valence-corrected chi connectivity index (χ4v) is 3.42.